The van der Waals surface area contributed by atoms with Gasteiger partial charge in [-0.2, -0.15) is 5.26 Å². The summed E-state index contributed by atoms with van der Waals surface area (Å²) in [5.41, 5.74) is 14.0. The van der Waals surface area contributed by atoms with Crippen LogP contribution in [0.15, 0.2) is 176 Å². The van der Waals surface area contributed by atoms with Crippen LogP contribution in [0.25, 0.3) is 93.2 Å². The minimum Gasteiger partial charge on any atom is -0.319 e. The summed E-state index contributed by atoms with van der Waals surface area (Å²) in [5.74, 6) is 0. The van der Waals surface area contributed by atoms with Gasteiger partial charge in [0, 0.05) is 21.5 Å². The van der Waals surface area contributed by atoms with Crippen LogP contribution < -0.4 is 0 Å². The van der Waals surface area contributed by atoms with Crippen LogP contribution in [0, 0.1) is 24.8 Å². The summed E-state index contributed by atoms with van der Waals surface area (Å²) in [4.78, 5) is 4.47. The molecule has 0 bridgehead atoms. The van der Waals surface area contributed by atoms with E-state index in [0.29, 0.717) is 11.3 Å². The van der Waals surface area contributed by atoms with E-state index in [1.165, 1.54) is 0 Å². The minimum absolute atomic E-state index is 0.526. The Kier molecular flexibility index (Phi) is 7.44. The lowest BCUT2D eigenvalue weighted by molar-refractivity contribution is 1.14. The van der Waals surface area contributed by atoms with Gasteiger partial charge in [0.1, 0.15) is 0 Å². The van der Waals surface area contributed by atoms with Crippen molar-refractivity contribution in [3.8, 4) is 50.8 Å². The lowest BCUT2D eigenvalue weighted by Gasteiger charge is -2.21. The maximum absolute atomic E-state index is 10.1. The highest BCUT2D eigenvalue weighted by Gasteiger charge is 2.25. The lowest BCUT2D eigenvalue weighted by atomic mass is 9.97. The van der Waals surface area contributed by atoms with E-state index in [9.17, 15) is 5.26 Å². The Morgan fingerprint density at radius 3 is 1.58 bits per heavy atom. The van der Waals surface area contributed by atoms with Gasteiger partial charge in [-0.1, -0.05) is 133 Å². The number of hydrogen-bond acceptors (Lipinski definition) is 1. The van der Waals surface area contributed by atoms with E-state index in [1.54, 1.807) is 0 Å². The lowest BCUT2D eigenvalue weighted by Crippen LogP contribution is -2.03. The van der Waals surface area contributed by atoms with Crippen molar-refractivity contribution in [2.75, 3.05) is 0 Å². The second-order valence-electron chi connectivity index (χ2n) is 14.0. The van der Waals surface area contributed by atoms with E-state index < -0.39 is 0 Å². The van der Waals surface area contributed by atoms with Gasteiger partial charge in [0.15, 0.2) is 0 Å². The first-order valence-electron chi connectivity index (χ1n) is 18.4. The number of benzene rings is 8. The third-order valence-electron chi connectivity index (χ3n) is 10.8. The van der Waals surface area contributed by atoms with Gasteiger partial charge in [0.05, 0.1) is 51.6 Å². The Bertz CT molecular complexity index is 3220. The van der Waals surface area contributed by atoms with E-state index in [2.05, 4.69) is 172 Å². The van der Waals surface area contributed by atoms with E-state index in [1.807, 2.05) is 31.2 Å². The summed E-state index contributed by atoms with van der Waals surface area (Å²) in [6.07, 6.45) is 0. The molecule has 10 aromatic rings. The van der Waals surface area contributed by atoms with E-state index >= 15 is 0 Å². The van der Waals surface area contributed by atoms with E-state index in [0.717, 1.165) is 93.9 Å². The third kappa shape index (κ3) is 5.12. The first-order valence-corrected chi connectivity index (χ1v) is 18.4. The number of para-hydroxylation sites is 2. The predicted molar refractivity (Wildman–Crippen MR) is 227 cm³/mol. The molecule has 0 amide bonds. The summed E-state index contributed by atoms with van der Waals surface area (Å²) in [7, 11) is 0. The number of fused-ring (bicyclic) bond motifs is 6. The van der Waals surface area contributed by atoms with Crippen LogP contribution in [0.3, 0.4) is 0 Å². The Hall–Kier alpha value is -7.66. The normalized spacial score (nSPS) is 11.3. The van der Waals surface area contributed by atoms with Crippen LogP contribution in [0.5, 0.6) is 0 Å². The van der Waals surface area contributed by atoms with Crippen LogP contribution in [0.2, 0.25) is 0 Å². The molecule has 10 rings (SSSR count). The average Bonchev–Trinajstić information content (AvgIpc) is 3.75. The summed E-state index contributed by atoms with van der Waals surface area (Å²) in [6, 6.07) is 63.6. The fraction of sp³-hybridized carbons (Fsp3) is 0.0196. The molecule has 0 atom stereocenters. The Morgan fingerprint density at radius 1 is 0.473 bits per heavy atom. The maximum Gasteiger partial charge on any atom is 0.234 e. The van der Waals surface area contributed by atoms with Gasteiger partial charge in [-0.25, -0.2) is 4.85 Å². The molecule has 0 saturated carbocycles. The number of nitriles is 1. The van der Waals surface area contributed by atoms with Gasteiger partial charge >= 0.3 is 0 Å². The zero-order valence-electron chi connectivity index (χ0n) is 30.0. The van der Waals surface area contributed by atoms with Gasteiger partial charge in [0.2, 0.25) is 5.69 Å². The van der Waals surface area contributed by atoms with Crippen LogP contribution >= 0.6 is 0 Å². The summed E-state index contributed by atoms with van der Waals surface area (Å²) in [6.45, 7) is 11.1. The molecule has 0 aliphatic carbocycles. The molecular formula is C51H32N4. The molecule has 4 heteroatoms. The van der Waals surface area contributed by atoms with Gasteiger partial charge in [-0.3, -0.25) is 0 Å². The van der Waals surface area contributed by atoms with Crippen molar-refractivity contribution in [1.29, 1.82) is 5.26 Å². The number of rotatable bonds is 5. The first kappa shape index (κ1) is 32.0. The van der Waals surface area contributed by atoms with Crippen molar-refractivity contribution in [1.82, 2.24) is 9.13 Å². The van der Waals surface area contributed by atoms with Gasteiger partial charge in [-0.05, 0) is 88.3 Å². The van der Waals surface area contributed by atoms with Crippen LogP contribution in [0.1, 0.15) is 11.1 Å². The Balaban J connectivity index is 1.36. The van der Waals surface area contributed by atoms with Crippen molar-refractivity contribution in [3.05, 3.63) is 198 Å². The maximum atomic E-state index is 10.1. The highest BCUT2D eigenvalue weighted by Crippen LogP contribution is 2.46. The molecule has 256 valence electrons. The van der Waals surface area contributed by atoms with Crippen LogP contribution in [0.4, 0.5) is 5.69 Å². The van der Waals surface area contributed by atoms with Crippen molar-refractivity contribution in [3.63, 3.8) is 0 Å². The molecule has 0 saturated heterocycles. The Labute approximate surface area is 318 Å². The fourth-order valence-electron chi connectivity index (χ4n) is 8.38. The monoisotopic (exact) mass is 700 g/mol. The smallest absolute Gasteiger partial charge is 0.234 e. The van der Waals surface area contributed by atoms with Crippen molar-refractivity contribution < 1.29 is 0 Å². The molecule has 0 fully saturated rings. The molecule has 0 radical (unpaired) electrons. The third-order valence-corrected chi connectivity index (χ3v) is 10.8. The molecule has 0 aliphatic heterocycles. The van der Waals surface area contributed by atoms with Crippen molar-refractivity contribution in [2.24, 2.45) is 0 Å². The second kappa shape index (κ2) is 12.8. The van der Waals surface area contributed by atoms with E-state index in [-0.39, 0.29) is 0 Å². The minimum atomic E-state index is 0.526. The predicted octanol–water partition coefficient (Wildman–Crippen LogP) is 13.6. The molecule has 0 spiro atoms. The number of nitrogens with zero attached hydrogens (tertiary/aromatic N) is 4. The quantitative estimate of drug-likeness (QED) is 0.165. The molecule has 0 N–H and O–H groups in total. The van der Waals surface area contributed by atoms with E-state index in [4.69, 9.17) is 6.57 Å². The number of aryl methyl sites for hydroxylation is 1. The zero-order chi connectivity index (χ0) is 37.0. The number of aromatic nitrogens is 2. The Morgan fingerprint density at radius 2 is 1.00 bits per heavy atom. The van der Waals surface area contributed by atoms with Crippen molar-refractivity contribution in [2.45, 2.75) is 6.92 Å². The second-order valence-corrected chi connectivity index (χ2v) is 14.0. The number of hydrogen-bond donors (Lipinski definition) is 0. The molecule has 8 aromatic carbocycles. The molecule has 4 nitrogen and oxygen atoms in total. The van der Waals surface area contributed by atoms with Gasteiger partial charge in [0.25, 0.3) is 0 Å². The summed E-state index contributed by atoms with van der Waals surface area (Å²) in [5, 5.41) is 14.5. The zero-order valence-corrected chi connectivity index (χ0v) is 30.0. The first-order chi connectivity index (χ1) is 27.1. The molecule has 2 heterocycles. The van der Waals surface area contributed by atoms with Gasteiger partial charge < -0.3 is 9.13 Å². The van der Waals surface area contributed by atoms with Crippen molar-refractivity contribution >= 4 is 49.3 Å². The highest BCUT2D eigenvalue weighted by molar-refractivity contribution is 6.13. The highest BCUT2D eigenvalue weighted by atomic mass is 15.1. The summed E-state index contributed by atoms with van der Waals surface area (Å²) >= 11 is 0. The standard InChI is InChI=1S/C51H32N4/c1-33-27-34(32-52)29-39(28-33)40-25-26-47(54-45-19-11-9-17-41(45)43-23-21-37(30-48(43)54)35-13-5-3-6-14-35)50(53-2)51(40)55-46-20-12-10-18-42(46)44-24-22-38(31-49(44)55)36-15-7-4-8-16-36/h3-31H,1H3. The molecule has 0 aliphatic rings. The fourth-order valence-corrected chi connectivity index (χ4v) is 8.38. The largest absolute Gasteiger partial charge is 0.319 e. The SMILES string of the molecule is [C-]#[N+]c1c(-n2c3ccccc3c3ccc(-c4ccccc4)cc32)ccc(-c2cc(C)cc(C#N)c2)c1-n1c2ccccc2c2ccc(-c3ccccc3)cc21. The van der Waals surface area contributed by atoms with Crippen LogP contribution in [-0.2, 0) is 0 Å². The average molecular weight is 701 g/mol. The molecule has 0 unspecified atom stereocenters. The van der Waals surface area contributed by atoms with Gasteiger partial charge in [-0.15, -0.1) is 0 Å². The molecular weight excluding hydrogens is 669 g/mol. The topological polar surface area (TPSA) is 38.0 Å². The summed E-state index contributed by atoms with van der Waals surface area (Å²) < 4.78 is 4.54. The molecule has 2 aromatic heterocycles. The van der Waals surface area contributed by atoms with Crippen LogP contribution in [-0.4, -0.2) is 9.13 Å². The molecule has 55 heavy (non-hydrogen) atoms.